The van der Waals surface area contributed by atoms with Gasteiger partial charge in [-0.15, -0.1) is 0 Å². The van der Waals surface area contributed by atoms with Gasteiger partial charge in [0, 0.05) is 4.47 Å². The van der Waals surface area contributed by atoms with Crippen LogP contribution in [0.3, 0.4) is 0 Å². The Labute approximate surface area is 125 Å². The Morgan fingerprint density at radius 3 is 2.68 bits per heavy atom. The lowest BCUT2D eigenvalue weighted by Crippen LogP contribution is -2.38. The molecule has 0 radical (unpaired) electrons. The molecule has 2 fully saturated rings. The predicted molar refractivity (Wildman–Crippen MR) is 84.6 cm³/mol. The van der Waals surface area contributed by atoms with Crippen LogP contribution in [-0.4, -0.2) is 13.1 Å². The second kappa shape index (κ2) is 5.97. The predicted octanol–water partition coefficient (Wildman–Crippen LogP) is 4.64. The summed E-state index contributed by atoms with van der Waals surface area (Å²) in [6.07, 6.45) is 7.09. The van der Waals surface area contributed by atoms with Gasteiger partial charge in [0.2, 0.25) is 0 Å². The first-order valence-corrected chi connectivity index (χ1v) is 8.52. The van der Waals surface area contributed by atoms with E-state index in [1.807, 2.05) is 0 Å². The second-order valence-electron chi connectivity index (χ2n) is 6.33. The molecule has 0 amide bonds. The molecular formula is C17H24BrN. The number of halogens is 1. The van der Waals surface area contributed by atoms with Crippen molar-refractivity contribution in [1.82, 2.24) is 5.32 Å². The van der Waals surface area contributed by atoms with Crippen LogP contribution in [0.25, 0.3) is 0 Å². The Bertz CT molecular complexity index is 437. The van der Waals surface area contributed by atoms with Crippen LogP contribution in [0, 0.1) is 18.8 Å². The van der Waals surface area contributed by atoms with E-state index in [1.165, 1.54) is 55.2 Å². The Morgan fingerprint density at radius 2 is 1.95 bits per heavy atom. The number of nitrogens with one attached hydrogen (secondary N) is 1. The summed E-state index contributed by atoms with van der Waals surface area (Å²) in [5, 5.41) is 3.63. The number of aryl methyl sites for hydroxylation is 1. The Morgan fingerprint density at radius 1 is 1.16 bits per heavy atom. The maximum absolute atomic E-state index is 3.80. The average molecular weight is 322 g/mol. The summed E-state index contributed by atoms with van der Waals surface area (Å²) in [5.74, 6) is 2.54. The summed E-state index contributed by atoms with van der Waals surface area (Å²) in [6, 6.07) is 6.91. The SMILES string of the molecule is Cc1ccc(C2CCNCC2C2CCCC2)c(Br)c1. The highest BCUT2D eigenvalue weighted by atomic mass is 79.9. The number of benzene rings is 1. The van der Waals surface area contributed by atoms with Gasteiger partial charge in [0.05, 0.1) is 0 Å². The van der Waals surface area contributed by atoms with Crippen LogP contribution in [-0.2, 0) is 0 Å². The molecule has 3 rings (SSSR count). The molecule has 0 aromatic heterocycles. The monoisotopic (exact) mass is 321 g/mol. The van der Waals surface area contributed by atoms with E-state index in [0.29, 0.717) is 0 Å². The highest BCUT2D eigenvalue weighted by Gasteiger charge is 2.34. The summed E-state index contributed by atoms with van der Waals surface area (Å²) >= 11 is 3.80. The van der Waals surface area contributed by atoms with Crippen molar-refractivity contribution in [3.63, 3.8) is 0 Å². The molecule has 0 bridgehead atoms. The zero-order chi connectivity index (χ0) is 13.2. The third-order valence-corrected chi connectivity index (χ3v) is 5.78. The zero-order valence-corrected chi connectivity index (χ0v) is 13.4. The van der Waals surface area contributed by atoms with E-state index >= 15 is 0 Å². The molecule has 0 spiro atoms. The van der Waals surface area contributed by atoms with Crippen LogP contribution in [0.4, 0.5) is 0 Å². The first-order chi connectivity index (χ1) is 9.25. The van der Waals surface area contributed by atoms with Gasteiger partial charge in [0.15, 0.2) is 0 Å². The number of hydrogen-bond acceptors (Lipinski definition) is 1. The van der Waals surface area contributed by atoms with Gasteiger partial charge in [0.1, 0.15) is 0 Å². The lowest BCUT2D eigenvalue weighted by atomic mass is 9.73. The minimum absolute atomic E-state index is 0.749. The fraction of sp³-hybridized carbons (Fsp3) is 0.647. The van der Waals surface area contributed by atoms with Gasteiger partial charge in [-0.25, -0.2) is 0 Å². The van der Waals surface area contributed by atoms with Gasteiger partial charge in [0.25, 0.3) is 0 Å². The van der Waals surface area contributed by atoms with Gasteiger partial charge in [-0.1, -0.05) is 53.7 Å². The fourth-order valence-corrected chi connectivity index (χ4v) is 4.87. The molecular weight excluding hydrogens is 298 g/mol. The molecule has 19 heavy (non-hydrogen) atoms. The molecule has 1 nitrogen and oxygen atoms in total. The maximum Gasteiger partial charge on any atom is 0.0212 e. The van der Waals surface area contributed by atoms with E-state index in [4.69, 9.17) is 0 Å². The quantitative estimate of drug-likeness (QED) is 0.836. The third-order valence-electron chi connectivity index (χ3n) is 5.09. The molecule has 2 unspecified atom stereocenters. The van der Waals surface area contributed by atoms with E-state index in [2.05, 4.69) is 46.4 Å². The normalized spacial score (nSPS) is 28.7. The first-order valence-electron chi connectivity index (χ1n) is 7.72. The van der Waals surface area contributed by atoms with Crippen molar-refractivity contribution in [3.05, 3.63) is 33.8 Å². The molecule has 1 heterocycles. The molecule has 1 aliphatic heterocycles. The molecule has 1 saturated carbocycles. The van der Waals surface area contributed by atoms with Crippen molar-refractivity contribution in [2.24, 2.45) is 11.8 Å². The smallest absolute Gasteiger partial charge is 0.0212 e. The van der Waals surface area contributed by atoms with Crippen molar-refractivity contribution in [3.8, 4) is 0 Å². The molecule has 104 valence electrons. The average Bonchev–Trinajstić information content (AvgIpc) is 2.93. The first kappa shape index (κ1) is 13.6. The van der Waals surface area contributed by atoms with Crippen molar-refractivity contribution in [1.29, 1.82) is 0 Å². The lowest BCUT2D eigenvalue weighted by Gasteiger charge is -2.37. The van der Waals surface area contributed by atoms with Gasteiger partial charge < -0.3 is 5.32 Å². The number of rotatable bonds is 2. The highest BCUT2D eigenvalue weighted by molar-refractivity contribution is 9.10. The van der Waals surface area contributed by atoms with Gasteiger partial charge >= 0.3 is 0 Å². The number of piperidine rings is 1. The van der Waals surface area contributed by atoms with Gasteiger partial charge in [-0.3, -0.25) is 0 Å². The Hall–Kier alpha value is -0.340. The maximum atomic E-state index is 3.80. The number of hydrogen-bond donors (Lipinski definition) is 1. The Kier molecular flexibility index (Phi) is 4.28. The van der Waals surface area contributed by atoms with Crippen molar-refractivity contribution in [2.45, 2.75) is 44.9 Å². The molecule has 1 aromatic carbocycles. The zero-order valence-electron chi connectivity index (χ0n) is 11.8. The van der Waals surface area contributed by atoms with Crippen LogP contribution >= 0.6 is 15.9 Å². The minimum Gasteiger partial charge on any atom is -0.316 e. The Balaban J connectivity index is 1.86. The second-order valence-corrected chi connectivity index (χ2v) is 7.19. The molecule has 1 N–H and O–H groups in total. The van der Waals surface area contributed by atoms with Crippen LogP contribution in [0.1, 0.15) is 49.1 Å². The molecule has 1 aromatic rings. The standard InChI is InChI=1S/C17H24BrN/c1-12-6-7-15(17(18)10-12)14-8-9-19-11-16(14)13-4-2-3-5-13/h6-7,10,13-14,16,19H,2-5,8-9,11H2,1H3. The van der Waals surface area contributed by atoms with Crippen LogP contribution < -0.4 is 5.32 Å². The van der Waals surface area contributed by atoms with Crippen molar-refractivity contribution < 1.29 is 0 Å². The van der Waals surface area contributed by atoms with E-state index in [-0.39, 0.29) is 0 Å². The van der Waals surface area contributed by atoms with E-state index in [1.54, 1.807) is 5.56 Å². The fourth-order valence-electron chi connectivity index (χ4n) is 4.08. The molecule has 2 aliphatic rings. The summed E-state index contributed by atoms with van der Waals surface area (Å²) in [5.41, 5.74) is 2.89. The van der Waals surface area contributed by atoms with Crippen LogP contribution in [0.15, 0.2) is 22.7 Å². The minimum atomic E-state index is 0.749. The van der Waals surface area contributed by atoms with Gasteiger partial charge in [-0.2, -0.15) is 0 Å². The molecule has 2 atom stereocenters. The molecule has 1 aliphatic carbocycles. The van der Waals surface area contributed by atoms with Crippen LogP contribution in [0.5, 0.6) is 0 Å². The van der Waals surface area contributed by atoms with E-state index < -0.39 is 0 Å². The summed E-state index contributed by atoms with van der Waals surface area (Å²) in [4.78, 5) is 0. The largest absolute Gasteiger partial charge is 0.316 e. The van der Waals surface area contributed by atoms with E-state index in [9.17, 15) is 0 Å². The van der Waals surface area contributed by atoms with Crippen molar-refractivity contribution in [2.75, 3.05) is 13.1 Å². The van der Waals surface area contributed by atoms with Crippen LogP contribution in [0.2, 0.25) is 0 Å². The molecule has 1 saturated heterocycles. The summed E-state index contributed by atoms with van der Waals surface area (Å²) in [7, 11) is 0. The van der Waals surface area contributed by atoms with Crippen molar-refractivity contribution >= 4 is 15.9 Å². The third kappa shape index (κ3) is 2.90. The lowest BCUT2D eigenvalue weighted by molar-refractivity contribution is 0.230. The van der Waals surface area contributed by atoms with Gasteiger partial charge in [-0.05, 0) is 61.4 Å². The highest BCUT2D eigenvalue weighted by Crippen LogP contribution is 2.43. The van der Waals surface area contributed by atoms with E-state index in [0.717, 1.165) is 17.8 Å². The topological polar surface area (TPSA) is 12.0 Å². The summed E-state index contributed by atoms with van der Waals surface area (Å²) < 4.78 is 1.32. The summed E-state index contributed by atoms with van der Waals surface area (Å²) in [6.45, 7) is 4.56. The molecule has 2 heteroatoms.